The molecule has 0 atom stereocenters. The van der Waals surface area contributed by atoms with Crippen LogP contribution >= 0.6 is 0 Å². The summed E-state index contributed by atoms with van der Waals surface area (Å²) >= 11 is 0. The van der Waals surface area contributed by atoms with Gasteiger partial charge in [0.05, 0.1) is 0 Å². The third kappa shape index (κ3) is 13.7. The third-order valence-corrected chi connectivity index (χ3v) is 4.35. The van der Waals surface area contributed by atoms with Crippen molar-refractivity contribution in [3.63, 3.8) is 0 Å². The SMILES string of the molecule is CCN(CC)CCCNC/C=C\CNCCCN(CC)C(C)C.[HH].[HH]. The molecule has 0 aromatic heterocycles. The molecule has 0 spiro atoms. The summed E-state index contributed by atoms with van der Waals surface area (Å²) in [6.45, 7) is 21.3. The van der Waals surface area contributed by atoms with Gasteiger partial charge in [-0.2, -0.15) is 0 Å². The molecule has 4 heteroatoms. The molecule has 0 rings (SSSR count). The summed E-state index contributed by atoms with van der Waals surface area (Å²) in [5, 5.41) is 6.97. The molecule has 2 N–H and O–H groups in total. The Kier molecular flexibility index (Phi) is 16.1. The molecule has 23 heavy (non-hydrogen) atoms. The van der Waals surface area contributed by atoms with Gasteiger partial charge < -0.3 is 20.4 Å². The topological polar surface area (TPSA) is 30.5 Å². The van der Waals surface area contributed by atoms with Gasteiger partial charge in [-0.3, -0.25) is 0 Å². The monoisotopic (exact) mass is 330 g/mol. The van der Waals surface area contributed by atoms with E-state index in [-0.39, 0.29) is 2.85 Å². The Balaban J connectivity index is -0.00000242. The number of nitrogens with one attached hydrogen (secondary N) is 2. The molecule has 0 radical (unpaired) electrons. The van der Waals surface area contributed by atoms with E-state index in [9.17, 15) is 0 Å². The molecule has 0 aliphatic heterocycles. The highest BCUT2D eigenvalue weighted by Gasteiger charge is 2.04. The van der Waals surface area contributed by atoms with E-state index in [1.54, 1.807) is 0 Å². The largest absolute Gasteiger partial charge is 0.313 e. The molecule has 0 amide bonds. The van der Waals surface area contributed by atoms with Gasteiger partial charge in [0.1, 0.15) is 0 Å². The molecule has 0 heterocycles. The van der Waals surface area contributed by atoms with Crippen LogP contribution in [0.2, 0.25) is 0 Å². The van der Waals surface area contributed by atoms with Crippen LogP contribution in [-0.2, 0) is 0 Å². The predicted octanol–water partition coefficient (Wildman–Crippen LogP) is 3.07. The maximum absolute atomic E-state index is 3.49. The fraction of sp³-hybridized carbons (Fsp3) is 0.895. The molecule has 0 aliphatic carbocycles. The molecular weight excluding hydrogens is 284 g/mol. The van der Waals surface area contributed by atoms with Crippen LogP contribution in [0.25, 0.3) is 0 Å². The first-order valence-corrected chi connectivity index (χ1v) is 9.68. The van der Waals surface area contributed by atoms with Crippen LogP contribution in [0.15, 0.2) is 12.2 Å². The van der Waals surface area contributed by atoms with E-state index >= 15 is 0 Å². The Morgan fingerprint density at radius 3 is 1.78 bits per heavy atom. The minimum atomic E-state index is 0. The van der Waals surface area contributed by atoms with Crippen molar-refractivity contribution in [2.75, 3.05) is 58.9 Å². The highest BCUT2D eigenvalue weighted by Crippen LogP contribution is 1.97. The first-order valence-electron chi connectivity index (χ1n) is 9.68. The van der Waals surface area contributed by atoms with Crippen molar-refractivity contribution < 1.29 is 2.85 Å². The summed E-state index contributed by atoms with van der Waals surface area (Å²) < 4.78 is 0. The second kappa shape index (κ2) is 16.4. The van der Waals surface area contributed by atoms with Gasteiger partial charge in [0.15, 0.2) is 0 Å². The summed E-state index contributed by atoms with van der Waals surface area (Å²) in [5.41, 5.74) is 0. The predicted molar refractivity (Wildman–Crippen MR) is 109 cm³/mol. The zero-order valence-electron chi connectivity index (χ0n) is 16.4. The van der Waals surface area contributed by atoms with E-state index in [2.05, 4.69) is 67.2 Å². The molecule has 0 aromatic carbocycles. The summed E-state index contributed by atoms with van der Waals surface area (Å²) in [5.74, 6) is 0. The smallest absolute Gasteiger partial charge is 0.0135 e. The fourth-order valence-electron chi connectivity index (χ4n) is 2.69. The Labute approximate surface area is 148 Å². The zero-order valence-corrected chi connectivity index (χ0v) is 16.4. The van der Waals surface area contributed by atoms with Crippen molar-refractivity contribution in [3.05, 3.63) is 12.2 Å². The van der Waals surface area contributed by atoms with E-state index in [0.717, 1.165) is 45.8 Å². The van der Waals surface area contributed by atoms with Gasteiger partial charge in [-0.1, -0.05) is 32.9 Å². The molecule has 0 fully saturated rings. The molecule has 142 valence electrons. The molecular formula is C19H46N4. The molecule has 0 saturated carbocycles. The van der Waals surface area contributed by atoms with Crippen LogP contribution in [0.1, 0.15) is 50.3 Å². The van der Waals surface area contributed by atoms with Crippen LogP contribution in [0, 0.1) is 0 Å². The number of hydrogen-bond donors (Lipinski definition) is 2. The summed E-state index contributed by atoms with van der Waals surface area (Å²) in [4.78, 5) is 4.99. The lowest BCUT2D eigenvalue weighted by atomic mass is 10.3. The van der Waals surface area contributed by atoms with E-state index in [1.807, 2.05) is 0 Å². The standard InChI is InChI=1S/C19H42N4.2H2/c1-6-22(7-2)17-11-15-20-13-9-10-14-21-16-12-18-23(8-3)19(4)5;;/h9-10,19-21H,6-8,11-18H2,1-5H3;2*1H/b10-9-;;. The second-order valence-corrected chi connectivity index (χ2v) is 6.34. The average Bonchev–Trinajstić information content (AvgIpc) is 2.55. The molecule has 0 aliphatic rings. The van der Waals surface area contributed by atoms with Crippen LogP contribution < -0.4 is 10.6 Å². The van der Waals surface area contributed by atoms with Crippen LogP contribution in [0.4, 0.5) is 0 Å². The molecule has 0 aromatic rings. The van der Waals surface area contributed by atoms with E-state index in [4.69, 9.17) is 0 Å². The second-order valence-electron chi connectivity index (χ2n) is 6.34. The summed E-state index contributed by atoms with van der Waals surface area (Å²) in [6.07, 6.45) is 6.93. The van der Waals surface area contributed by atoms with E-state index < -0.39 is 0 Å². The fourth-order valence-corrected chi connectivity index (χ4v) is 2.69. The third-order valence-electron chi connectivity index (χ3n) is 4.35. The Bertz CT molecular complexity index is 272. The number of nitrogens with zero attached hydrogens (tertiary/aromatic N) is 2. The highest BCUT2D eigenvalue weighted by atomic mass is 15.1. The molecule has 0 unspecified atom stereocenters. The van der Waals surface area contributed by atoms with Gasteiger partial charge in [-0.05, 0) is 72.5 Å². The van der Waals surface area contributed by atoms with Crippen LogP contribution in [-0.4, -0.2) is 74.7 Å². The van der Waals surface area contributed by atoms with Crippen molar-refractivity contribution in [1.29, 1.82) is 0 Å². The lowest BCUT2D eigenvalue weighted by Gasteiger charge is -2.24. The normalized spacial score (nSPS) is 12.3. The van der Waals surface area contributed by atoms with Crippen molar-refractivity contribution in [1.82, 2.24) is 20.4 Å². The van der Waals surface area contributed by atoms with Crippen molar-refractivity contribution >= 4 is 0 Å². The van der Waals surface area contributed by atoms with E-state index in [1.165, 1.54) is 25.9 Å². The Morgan fingerprint density at radius 2 is 1.35 bits per heavy atom. The van der Waals surface area contributed by atoms with Gasteiger partial charge in [0, 0.05) is 22.0 Å². The first-order chi connectivity index (χ1) is 11.2. The minimum absolute atomic E-state index is 0. The van der Waals surface area contributed by atoms with Gasteiger partial charge in [0.2, 0.25) is 0 Å². The van der Waals surface area contributed by atoms with Crippen molar-refractivity contribution in [2.24, 2.45) is 0 Å². The maximum Gasteiger partial charge on any atom is 0.0135 e. The summed E-state index contributed by atoms with van der Waals surface area (Å²) in [7, 11) is 0. The molecule has 0 bridgehead atoms. The van der Waals surface area contributed by atoms with Crippen LogP contribution in [0.3, 0.4) is 0 Å². The zero-order chi connectivity index (χ0) is 17.3. The minimum Gasteiger partial charge on any atom is -0.313 e. The molecule has 0 saturated heterocycles. The van der Waals surface area contributed by atoms with Gasteiger partial charge in [-0.25, -0.2) is 0 Å². The number of rotatable bonds is 16. The summed E-state index contributed by atoms with van der Waals surface area (Å²) in [6, 6.07) is 0.660. The Morgan fingerprint density at radius 1 is 0.826 bits per heavy atom. The quantitative estimate of drug-likeness (QED) is 0.336. The van der Waals surface area contributed by atoms with Crippen LogP contribution in [0.5, 0.6) is 0 Å². The lowest BCUT2D eigenvalue weighted by molar-refractivity contribution is 0.230. The van der Waals surface area contributed by atoms with Crippen molar-refractivity contribution in [2.45, 2.75) is 53.5 Å². The van der Waals surface area contributed by atoms with Gasteiger partial charge in [-0.15, -0.1) is 0 Å². The van der Waals surface area contributed by atoms with Gasteiger partial charge >= 0.3 is 0 Å². The maximum atomic E-state index is 3.49. The van der Waals surface area contributed by atoms with E-state index in [0.29, 0.717) is 6.04 Å². The molecule has 4 nitrogen and oxygen atoms in total. The highest BCUT2D eigenvalue weighted by molar-refractivity contribution is 4.85. The Hall–Kier alpha value is -0.420. The van der Waals surface area contributed by atoms with Crippen molar-refractivity contribution in [3.8, 4) is 0 Å². The number of hydrogen-bond acceptors (Lipinski definition) is 4. The average molecular weight is 331 g/mol. The lowest BCUT2D eigenvalue weighted by Crippen LogP contribution is -2.33. The van der Waals surface area contributed by atoms with Gasteiger partial charge in [0.25, 0.3) is 0 Å². The first kappa shape index (κ1) is 22.6.